The molecule has 0 bridgehead atoms. The lowest BCUT2D eigenvalue weighted by Crippen LogP contribution is -2.44. The summed E-state index contributed by atoms with van der Waals surface area (Å²) in [6.07, 6.45) is 6.10. The van der Waals surface area contributed by atoms with Crippen LogP contribution in [-0.2, 0) is 4.79 Å². The van der Waals surface area contributed by atoms with Gasteiger partial charge in [0.05, 0.1) is 11.3 Å². The highest BCUT2D eigenvalue weighted by atomic mass is 32.2. The average Bonchev–Trinajstić information content (AvgIpc) is 2.52. The van der Waals surface area contributed by atoms with Crippen molar-refractivity contribution in [1.82, 2.24) is 9.88 Å². The van der Waals surface area contributed by atoms with E-state index in [0.717, 1.165) is 25.8 Å². The van der Waals surface area contributed by atoms with Gasteiger partial charge in [-0.3, -0.25) is 4.79 Å². The quantitative estimate of drug-likeness (QED) is 0.800. The number of rotatable bonds is 4. The molecule has 1 aliphatic rings. The molecule has 0 N–H and O–H groups in total. The Kier molecular flexibility index (Phi) is 5.42. The minimum absolute atomic E-state index is 0.163. The monoisotopic (exact) mass is 289 g/mol. The number of carbonyl (C=O) groups is 1. The van der Waals surface area contributed by atoms with E-state index in [4.69, 9.17) is 5.26 Å². The summed E-state index contributed by atoms with van der Waals surface area (Å²) >= 11 is 1.36. The molecule has 1 atom stereocenters. The van der Waals surface area contributed by atoms with E-state index >= 15 is 0 Å². The molecule has 0 aliphatic carbocycles. The van der Waals surface area contributed by atoms with E-state index in [1.165, 1.54) is 18.2 Å². The van der Waals surface area contributed by atoms with Crippen LogP contribution in [0.3, 0.4) is 0 Å². The van der Waals surface area contributed by atoms with Gasteiger partial charge in [-0.1, -0.05) is 18.7 Å². The number of aromatic nitrogens is 1. The molecule has 0 saturated carbocycles. The zero-order chi connectivity index (χ0) is 14.4. The summed E-state index contributed by atoms with van der Waals surface area (Å²) in [5, 5.41) is 9.66. The van der Waals surface area contributed by atoms with Crippen LogP contribution in [0.15, 0.2) is 23.4 Å². The van der Waals surface area contributed by atoms with Crippen molar-refractivity contribution >= 4 is 17.7 Å². The van der Waals surface area contributed by atoms with E-state index in [0.29, 0.717) is 22.4 Å². The number of hydrogen-bond acceptors (Lipinski definition) is 4. The topological polar surface area (TPSA) is 57.0 Å². The SMILES string of the molecule is CC[C@H]1CCCCN1C(=O)CSc1ncccc1C#N. The average molecular weight is 289 g/mol. The Labute approximate surface area is 124 Å². The number of amides is 1. The first-order chi connectivity index (χ1) is 9.76. The Hall–Kier alpha value is -1.54. The van der Waals surface area contributed by atoms with Gasteiger partial charge in [0.15, 0.2) is 0 Å². The lowest BCUT2D eigenvalue weighted by atomic mass is 10.0. The highest BCUT2D eigenvalue weighted by Gasteiger charge is 2.25. The first kappa shape index (κ1) is 14.9. The van der Waals surface area contributed by atoms with E-state index in [1.54, 1.807) is 18.3 Å². The third-order valence-corrected chi connectivity index (χ3v) is 4.63. The smallest absolute Gasteiger partial charge is 0.233 e. The van der Waals surface area contributed by atoms with Crippen LogP contribution in [0, 0.1) is 11.3 Å². The predicted octanol–water partition coefficient (Wildman–Crippen LogP) is 2.84. The number of pyridine rings is 1. The summed E-state index contributed by atoms with van der Waals surface area (Å²) in [5.74, 6) is 0.526. The van der Waals surface area contributed by atoms with Crippen LogP contribution in [0.2, 0.25) is 0 Å². The number of likely N-dealkylation sites (tertiary alicyclic amines) is 1. The lowest BCUT2D eigenvalue weighted by Gasteiger charge is -2.35. The maximum Gasteiger partial charge on any atom is 0.233 e. The van der Waals surface area contributed by atoms with Crippen LogP contribution in [0.4, 0.5) is 0 Å². The van der Waals surface area contributed by atoms with E-state index in [2.05, 4.69) is 18.0 Å². The van der Waals surface area contributed by atoms with Crippen LogP contribution in [0.25, 0.3) is 0 Å². The van der Waals surface area contributed by atoms with Gasteiger partial charge in [0.1, 0.15) is 11.1 Å². The molecule has 5 heteroatoms. The summed E-state index contributed by atoms with van der Waals surface area (Å²) in [4.78, 5) is 18.5. The van der Waals surface area contributed by atoms with E-state index in [-0.39, 0.29) is 5.91 Å². The number of nitrogens with zero attached hydrogens (tertiary/aromatic N) is 3. The summed E-state index contributed by atoms with van der Waals surface area (Å²) < 4.78 is 0. The Morgan fingerprint density at radius 2 is 2.45 bits per heavy atom. The standard InChI is InChI=1S/C15H19N3OS/c1-2-13-7-3-4-9-18(13)14(19)11-20-15-12(10-16)6-5-8-17-15/h5-6,8,13H,2-4,7,9,11H2,1H3/t13-/m0/s1. The molecule has 20 heavy (non-hydrogen) atoms. The van der Waals surface area contributed by atoms with Gasteiger partial charge >= 0.3 is 0 Å². The Balaban J connectivity index is 1.96. The van der Waals surface area contributed by atoms with Crippen molar-refractivity contribution in [3.63, 3.8) is 0 Å². The zero-order valence-electron chi connectivity index (χ0n) is 11.7. The van der Waals surface area contributed by atoms with Gasteiger partial charge in [-0.2, -0.15) is 5.26 Å². The number of carbonyl (C=O) groups excluding carboxylic acids is 1. The van der Waals surface area contributed by atoms with Crippen molar-refractivity contribution in [2.45, 2.75) is 43.7 Å². The van der Waals surface area contributed by atoms with Gasteiger partial charge in [-0.05, 0) is 37.8 Å². The molecule has 1 aliphatic heterocycles. The first-order valence-electron chi connectivity index (χ1n) is 7.03. The first-order valence-corrected chi connectivity index (χ1v) is 8.02. The fraction of sp³-hybridized carbons (Fsp3) is 0.533. The van der Waals surface area contributed by atoms with Crippen LogP contribution < -0.4 is 0 Å². The second kappa shape index (κ2) is 7.30. The van der Waals surface area contributed by atoms with Crippen LogP contribution in [-0.4, -0.2) is 34.1 Å². The fourth-order valence-electron chi connectivity index (χ4n) is 2.56. The van der Waals surface area contributed by atoms with Gasteiger partial charge < -0.3 is 4.90 Å². The third-order valence-electron chi connectivity index (χ3n) is 3.64. The number of piperidine rings is 1. The van der Waals surface area contributed by atoms with E-state index in [9.17, 15) is 4.79 Å². The van der Waals surface area contributed by atoms with Crippen molar-refractivity contribution in [3.8, 4) is 6.07 Å². The molecule has 1 amide bonds. The zero-order valence-corrected chi connectivity index (χ0v) is 12.5. The van der Waals surface area contributed by atoms with Crippen molar-refractivity contribution in [3.05, 3.63) is 23.9 Å². The molecule has 0 unspecified atom stereocenters. The molecular formula is C15H19N3OS. The number of nitriles is 1. The molecule has 106 valence electrons. The Bertz CT molecular complexity index is 512. The maximum atomic E-state index is 12.3. The highest BCUT2D eigenvalue weighted by molar-refractivity contribution is 7.99. The second-order valence-corrected chi connectivity index (χ2v) is 5.87. The second-order valence-electron chi connectivity index (χ2n) is 4.90. The Morgan fingerprint density at radius 1 is 1.60 bits per heavy atom. The summed E-state index contributed by atoms with van der Waals surface area (Å²) in [6, 6.07) is 5.97. The fourth-order valence-corrected chi connectivity index (χ4v) is 3.39. The summed E-state index contributed by atoms with van der Waals surface area (Å²) in [7, 11) is 0. The predicted molar refractivity (Wildman–Crippen MR) is 79.3 cm³/mol. The molecule has 2 heterocycles. The van der Waals surface area contributed by atoms with Gasteiger partial charge in [0.2, 0.25) is 5.91 Å². The Morgan fingerprint density at radius 3 is 3.20 bits per heavy atom. The molecule has 1 aromatic heterocycles. The highest BCUT2D eigenvalue weighted by Crippen LogP contribution is 2.23. The van der Waals surface area contributed by atoms with Gasteiger partial charge in [-0.25, -0.2) is 4.98 Å². The largest absolute Gasteiger partial charge is 0.339 e. The van der Waals surface area contributed by atoms with E-state index < -0.39 is 0 Å². The van der Waals surface area contributed by atoms with Crippen molar-refractivity contribution in [1.29, 1.82) is 5.26 Å². The third kappa shape index (κ3) is 3.51. The molecule has 0 radical (unpaired) electrons. The minimum atomic E-state index is 0.163. The molecule has 1 saturated heterocycles. The van der Waals surface area contributed by atoms with Gasteiger partial charge in [-0.15, -0.1) is 0 Å². The normalized spacial score (nSPS) is 18.6. The molecular weight excluding hydrogens is 270 g/mol. The summed E-state index contributed by atoms with van der Waals surface area (Å²) in [5.41, 5.74) is 0.538. The summed E-state index contributed by atoms with van der Waals surface area (Å²) in [6.45, 7) is 3.00. The van der Waals surface area contributed by atoms with Crippen molar-refractivity contribution in [2.24, 2.45) is 0 Å². The molecule has 0 aromatic carbocycles. The molecule has 0 spiro atoms. The van der Waals surface area contributed by atoms with Gasteiger partial charge in [0, 0.05) is 18.8 Å². The van der Waals surface area contributed by atoms with Crippen LogP contribution in [0.1, 0.15) is 38.2 Å². The lowest BCUT2D eigenvalue weighted by molar-refractivity contribution is -0.132. The minimum Gasteiger partial charge on any atom is -0.339 e. The molecule has 1 aromatic rings. The molecule has 2 rings (SSSR count). The van der Waals surface area contributed by atoms with E-state index in [1.807, 2.05) is 4.90 Å². The van der Waals surface area contributed by atoms with Crippen molar-refractivity contribution in [2.75, 3.05) is 12.3 Å². The van der Waals surface area contributed by atoms with Crippen molar-refractivity contribution < 1.29 is 4.79 Å². The number of hydrogen-bond donors (Lipinski definition) is 0. The maximum absolute atomic E-state index is 12.3. The van der Waals surface area contributed by atoms with Crippen LogP contribution >= 0.6 is 11.8 Å². The van der Waals surface area contributed by atoms with Gasteiger partial charge in [0.25, 0.3) is 0 Å². The molecule has 1 fully saturated rings. The molecule has 4 nitrogen and oxygen atoms in total. The van der Waals surface area contributed by atoms with Crippen LogP contribution in [0.5, 0.6) is 0 Å². The number of thioether (sulfide) groups is 1.